The number of hydrogen-bond acceptors (Lipinski definition) is 3. The molecule has 2 aromatic carbocycles. The molecule has 0 aromatic heterocycles. The van der Waals surface area contributed by atoms with E-state index in [-0.39, 0.29) is 0 Å². The van der Waals surface area contributed by atoms with Crippen molar-refractivity contribution < 1.29 is 9.84 Å². The van der Waals surface area contributed by atoms with Gasteiger partial charge in [0.1, 0.15) is 18.5 Å². The zero-order chi connectivity index (χ0) is 18.2. The van der Waals surface area contributed by atoms with Crippen molar-refractivity contribution in [3.05, 3.63) is 65.2 Å². The third kappa shape index (κ3) is 6.52. The topological polar surface area (TPSA) is 32.7 Å². The van der Waals surface area contributed by atoms with Crippen molar-refractivity contribution in [2.45, 2.75) is 40.3 Å². The summed E-state index contributed by atoms with van der Waals surface area (Å²) in [6, 6.07) is 16.4. The highest BCUT2D eigenvalue weighted by Gasteiger charge is 2.15. The van der Waals surface area contributed by atoms with Gasteiger partial charge in [0.15, 0.2) is 0 Å². The second-order valence-electron chi connectivity index (χ2n) is 7.24. The third-order valence-corrected chi connectivity index (χ3v) is 4.27. The van der Waals surface area contributed by atoms with E-state index in [9.17, 15) is 5.11 Å². The van der Waals surface area contributed by atoms with Gasteiger partial charge in [-0.05, 0) is 42.5 Å². The van der Waals surface area contributed by atoms with E-state index in [0.717, 1.165) is 24.4 Å². The number of para-hydroxylation sites is 1. The van der Waals surface area contributed by atoms with Gasteiger partial charge in [0.25, 0.3) is 0 Å². The van der Waals surface area contributed by atoms with Crippen LogP contribution in [0.4, 0.5) is 0 Å². The summed E-state index contributed by atoms with van der Waals surface area (Å²) in [6.07, 6.45) is -0.512. The molecule has 0 heterocycles. The molecule has 0 aliphatic heterocycles. The number of benzene rings is 2. The predicted octanol–water partition coefficient (Wildman–Crippen LogP) is 4.20. The fourth-order valence-corrected chi connectivity index (χ4v) is 3.00. The van der Waals surface area contributed by atoms with E-state index in [1.54, 1.807) is 0 Å². The van der Waals surface area contributed by atoms with E-state index in [2.05, 4.69) is 49.9 Å². The molecule has 136 valence electrons. The van der Waals surface area contributed by atoms with Crippen LogP contribution in [0.2, 0.25) is 0 Å². The molecular formula is C22H31NO2. The van der Waals surface area contributed by atoms with Crippen LogP contribution < -0.4 is 4.74 Å². The first-order chi connectivity index (χ1) is 12.0. The maximum absolute atomic E-state index is 10.5. The minimum atomic E-state index is -0.512. The van der Waals surface area contributed by atoms with Gasteiger partial charge < -0.3 is 9.84 Å². The molecule has 2 rings (SSSR count). The highest BCUT2D eigenvalue weighted by molar-refractivity contribution is 5.31. The average molecular weight is 341 g/mol. The van der Waals surface area contributed by atoms with Crippen molar-refractivity contribution in [2.75, 3.05) is 19.7 Å². The second kappa shape index (κ2) is 9.59. The van der Waals surface area contributed by atoms with Gasteiger partial charge in [0.2, 0.25) is 0 Å². The molecule has 0 bridgehead atoms. The van der Waals surface area contributed by atoms with Gasteiger partial charge in [0, 0.05) is 19.6 Å². The second-order valence-corrected chi connectivity index (χ2v) is 7.24. The number of hydrogen-bond donors (Lipinski definition) is 1. The minimum absolute atomic E-state index is 0.313. The van der Waals surface area contributed by atoms with Crippen LogP contribution in [0.15, 0.2) is 48.5 Å². The first-order valence-corrected chi connectivity index (χ1v) is 9.09. The molecular weight excluding hydrogens is 310 g/mol. The van der Waals surface area contributed by atoms with Gasteiger partial charge in [-0.3, -0.25) is 4.90 Å². The minimum Gasteiger partial charge on any atom is -0.491 e. The maximum atomic E-state index is 10.5. The Hall–Kier alpha value is -1.84. The van der Waals surface area contributed by atoms with E-state index in [0.29, 0.717) is 19.1 Å². The van der Waals surface area contributed by atoms with Gasteiger partial charge in [-0.25, -0.2) is 0 Å². The van der Waals surface area contributed by atoms with Crippen LogP contribution in [0.1, 0.15) is 30.5 Å². The standard InChI is InChI=1S/C22H31NO2/c1-17(2)13-23(14-20-11-7-5-9-18(20)3)15-21(24)16-25-22-12-8-6-10-19(22)4/h5-12,17,21,24H,13-16H2,1-4H3. The van der Waals surface area contributed by atoms with Crippen LogP contribution in [0.25, 0.3) is 0 Å². The number of aliphatic hydroxyl groups is 1. The number of nitrogens with zero attached hydrogens (tertiary/aromatic N) is 1. The quantitative estimate of drug-likeness (QED) is 0.742. The SMILES string of the molecule is Cc1ccccc1CN(CC(C)C)CC(O)COc1ccccc1C. The van der Waals surface area contributed by atoms with Gasteiger partial charge >= 0.3 is 0 Å². The Bertz CT molecular complexity index is 654. The lowest BCUT2D eigenvalue weighted by atomic mass is 10.1. The lowest BCUT2D eigenvalue weighted by Crippen LogP contribution is -2.37. The Morgan fingerprint density at radius 2 is 1.56 bits per heavy atom. The smallest absolute Gasteiger partial charge is 0.122 e. The molecule has 1 atom stereocenters. The molecule has 1 N–H and O–H groups in total. The molecule has 0 aliphatic rings. The fraction of sp³-hybridized carbons (Fsp3) is 0.455. The molecule has 0 spiro atoms. The van der Waals surface area contributed by atoms with Gasteiger partial charge in [-0.15, -0.1) is 0 Å². The van der Waals surface area contributed by atoms with E-state index < -0.39 is 6.10 Å². The summed E-state index contributed by atoms with van der Waals surface area (Å²) >= 11 is 0. The molecule has 25 heavy (non-hydrogen) atoms. The Morgan fingerprint density at radius 3 is 2.20 bits per heavy atom. The average Bonchev–Trinajstić information content (AvgIpc) is 2.55. The van der Waals surface area contributed by atoms with Crippen LogP contribution >= 0.6 is 0 Å². The van der Waals surface area contributed by atoms with Crippen molar-refractivity contribution in [3.8, 4) is 5.75 Å². The largest absolute Gasteiger partial charge is 0.491 e. The summed E-state index contributed by atoms with van der Waals surface area (Å²) in [5.41, 5.74) is 3.70. The molecule has 3 heteroatoms. The van der Waals surface area contributed by atoms with Crippen LogP contribution in [0.3, 0.4) is 0 Å². The van der Waals surface area contributed by atoms with E-state index >= 15 is 0 Å². The maximum Gasteiger partial charge on any atom is 0.122 e. The van der Waals surface area contributed by atoms with Crippen molar-refractivity contribution >= 4 is 0 Å². The van der Waals surface area contributed by atoms with Gasteiger partial charge in [-0.1, -0.05) is 56.3 Å². The third-order valence-electron chi connectivity index (χ3n) is 4.27. The molecule has 0 aliphatic carbocycles. The first kappa shape index (κ1) is 19.5. The zero-order valence-electron chi connectivity index (χ0n) is 15.9. The molecule has 0 amide bonds. The molecule has 0 fully saturated rings. The number of aryl methyl sites for hydroxylation is 2. The van der Waals surface area contributed by atoms with E-state index in [1.165, 1.54) is 11.1 Å². The molecule has 0 saturated heterocycles. The fourth-order valence-electron chi connectivity index (χ4n) is 3.00. The van der Waals surface area contributed by atoms with Crippen molar-refractivity contribution in [1.29, 1.82) is 0 Å². The van der Waals surface area contributed by atoms with Crippen LogP contribution in [0, 0.1) is 19.8 Å². The lowest BCUT2D eigenvalue weighted by Gasteiger charge is -2.27. The summed E-state index contributed by atoms with van der Waals surface area (Å²) in [7, 11) is 0. The molecule has 2 aromatic rings. The van der Waals surface area contributed by atoms with Crippen LogP contribution in [0.5, 0.6) is 5.75 Å². The Labute approximate surface area is 152 Å². The van der Waals surface area contributed by atoms with Crippen molar-refractivity contribution in [3.63, 3.8) is 0 Å². The Morgan fingerprint density at radius 1 is 0.920 bits per heavy atom. The van der Waals surface area contributed by atoms with Gasteiger partial charge in [-0.2, -0.15) is 0 Å². The molecule has 3 nitrogen and oxygen atoms in total. The summed E-state index contributed by atoms with van der Waals surface area (Å²) in [6.45, 7) is 11.3. The summed E-state index contributed by atoms with van der Waals surface area (Å²) in [5.74, 6) is 1.39. The van der Waals surface area contributed by atoms with E-state index in [1.807, 2.05) is 31.2 Å². The molecule has 0 radical (unpaired) electrons. The van der Waals surface area contributed by atoms with Crippen LogP contribution in [-0.4, -0.2) is 35.8 Å². The lowest BCUT2D eigenvalue weighted by molar-refractivity contribution is 0.0612. The number of rotatable bonds is 9. The number of ether oxygens (including phenoxy) is 1. The Kier molecular flexibility index (Phi) is 7.48. The monoisotopic (exact) mass is 341 g/mol. The zero-order valence-corrected chi connectivity index (χ0v) is 15.9. The van der Waals surface area contributed by atoms with Gasteiger partial charge in [0.05, 0.1) is 0 Å². The summed E-state index contributed by atoms with van der Waals surface area (Å²) in [4.78, 5) is 2.32. The Balaban J connectivity index is 1.94. The van der Waals surface area contributed by atoms with Crippen molar-refractivity contribution in [2.24, 2.45) is 5.92 Å². The van der Waals surface area contributed by atoms with Crippen molar-refractivity contribution in [1.82, 2.24) is 4.90 Å². The highest BCUT2D eigenvalue weighted by atomic mass is 16.5. The molecule has 1 unspecified atom stereocenters. The summed E-state index contributed by atoms with van der Waals surface area (Å²) in [5, 5.41) is 10.5. The predicted molar refractivity (Wildman–Crippen MR) is 104 cm³/mol. The van der Waals surface area contributed by atoms with Crippen LogP contribution in [-0.2, 0) is 6.54 Å². The molecule has 0 saturated carbocycles. The first-order valence-electron chi connectivity index (χ1n) is 9.09. The number of aliphatic hydroxyl groups excluding tert-OH is 1. The van der Waals surface area contributed by atoms with E-state index in [4.69, 9.17) is 4.74 Å². The normalized spacial score (nSPS) is 12.6. The highest BCUT2D eigenvalue weighted by Crippen LogP contribution is 2.17. The summed E-state index contributed by atoms with van der Waals surface area (Å²) < 4.78 is 5.80.